The Kier molecular flexibility index (Phi) is 5.19. The van der Waals surface area contributed by atoms with Gasteiger partial charge in [0.1, 0.15) is 0 Å². The van der Waals surface area contributed by atoms with Crippen LogP contribution in [-0.4, -0.2) is 41.6 Å². The van der Waals surface area contributed by atoms with Crippen molar-refractivity contribution in [1.29, 1.82) is 0 Å². The molecule has 1 aliphatic heterocycles. The van der Waals surface area contributed by atoms with Crippen LogP contribution in [0, 0.1) is 5.41 Å². The number of halogens is 2. The van der Waals surface area contributed by atoms with Crippen molar-refractivity contribution in [3.05, 3.63) is 33.8 Å². The van der Waals surface area contributed by atoms with E-state index in [2.05, 4.69) is 5.32 Å². The van der Waals surface area contributed by atoms with Crippen LogP contribution in [-0.2, 0) is 11.2 Å². The second-order valence-electron chi connectivity index (χ2n) is 5.80. The molecule has 2 rings (SSSR count). The van der Waals surface area contributed by atoms with Crippen LogP contribution in [0.15, 0.2) is 18.2 Å². The minimum Gasteiger partial charge on any atom is -0.481 e. The summed E-state index contributed by atoms with van der Waals surface area (Å²) in [7, 11) is 0. The van der Waals surface area contributed by atoms with Crippen LogP contribution >= 0.6 is 23.2 Å². The van der Waals surface area contributed by atoms with E-state index in [9.17, 15) is 9.59 Å². The Morgan fingerprint density at radius 3 is 2.50 bits per heavy atom. The van der Waals surface area contributed by atoms with E-state index in [1.807, 2.05) is 0 Å². The number of carboxylic acid groups (broad SMARTS) is 1. The number of nitrogens with zero attached hydrogens (tertiary/aromatic N) is 1. The molecular weight excluding hydrogens is 327 g/mol. The average Bonchev–Trinajstić information content (AvgIpc) is 2.82. The summed E-state index contributed by atoms with van der Waals surface area (Å²) in [6, 6.07) is 5.02. The Labute approximate surface area is 139 Å². The molecule has 1 atom stereocenters. The topological polar surface area (TPSA) is 69.6 Å². The van der Waals surface area contributed by atoms with Gasteiger partial charge in [-0.3, -0.25) is 4.79 Å². The number of carbonyl (C=O) groups is 2. The number of carboxylic acids is 1. The van der Waals surface area contributed by atoms with Gasteiger partial charge in [0.05, 0.1) is 5.41 Å². The van der Waals surface area contributed by atoms with Gasteiger partial charge < -0.3 is 15.3 Å². The number of urea groups is 1. The molecule has 1 aromatic carbocycles. The third-order valence-corrected chi connectivity index (χ3v) is 4.33. The van der Waals surface area contributed by atoms with Gasteiger partial charge in [0.15, 0.2) is 0 Å². The third kappa shape index (κ3) is 4.05. The molecule has 0 aromatic heterocycles. The smallest absolute Gasteiger partial charge is 0.317 e. The van der Waals surface area contributed by atoms with E-state index in [0.717, 1.165) is 5.56 Å². The van der Waals surface area contributed by atoms with Gasteiger partial charge in [-0.1, -0.05) is 23.2 Å². The van der Waals surface area contributed by atoms with Crippen molar-refractivity contribution < 1.29 is 14.7 Å². The molecule has 0 aliphatic carbocycles. The molecule has 0 spiro atoms. The molecule has 1 fully saturated rings. The Hall–Kier alpha value is -1.46. The maximum atomic E-state index is 12.0. The highest BCUT2D eigenvalue weighted by Gasteiger charge is 2.42. The summed E-state index contributed by atoms with van der Waals surface area (Å²) in [5, 5.41) is 13.1. The molecule has 0 bridgehead atoms. The Morgan fingerprint density at radius 2 is 1.95 bits per heavy atom. The van der Waals surface area contributed by atoms with Gasteiger partial charge in [-0.05, 0) is 43.5 Å². The fourth-order valence-electron chi connectivity index (χ4n) is 2.49. The van der Waals surface area contributed by atoms with Crippen molar-refractivity contribution in [2.75, 3.05) is 19.6 Å². The fraction of sp³-hybridized carbons (Fsp3) is 0.467. The van der Waals surface area contributed by atoms with E-state index in [1.165, 1.54) is 0 Å². The molecule has 0 saturated carbocycles. The molecular formula is C15H18Cl2N2O3. The lowest BCUT2D eigenvalue weighted by molar-refractivity contribution is -0.146. The number of nitrogens with one attached hydrogen (secondary N) is 1. The number of aliphatic carboxylic acids is 1. The highest BCUT2D eigenvalue weighted by atomic mass is 35.5. The number of rotatable bonds is 4. The molecule has 22 heavy (non-hydrogen) atoms. The number of likely N-dealkylation sites (tertiary alicyclic amines) is 1. The zero-order valence-electron chi connectivity index (χ0n) is 12.2. The first-order valence-corrected chi connectivity index (χ1v) is 7.77. The molecule has 120 valence electrons. The van der Waals surface area contributed by atoms with Crippen LogP contribution in [0.25, 0.3) is 0 Å². The molecule has 0 radical (unpaired) electrons. The van der Waals surface area contributed by atoms with Crippen molar-refractivity contribution in [2.24, 2.45) is 5.41 Å². The first-order chi connectivity index (χ1) is 10.3. The first kappa shape index (κ1) is 16.9. The van der Waals surface area contributed by atoms with Gasteiger partial charge in [0, 0.05) is 29.7 Å². The zero-order valence-corrected chi connectivity index (χ0v) is 13.7. The normalized spacial score (nSPS) is 21.0. The standard InChI is InChI=1S/C15H18Cl2N2O3/c1-15(13(20)21)3-5-19(9-15)14(22)18-4-2-10-6-11(16)8-12(17)7-10/h6-8H,2-5,9H2,1H3,(H,18,22)(H,20,21). The highest BCUT2D eigenvalue weighted by molar-refractivity contribution is 6.34. The first-order valence-electron chi connectivity index (χ1n) is 7.01. The van der Waals surface area contributed by atoms with Gasteiger partial charge in [-0.2, -0.15) is 0 Å². The lowest BCUT2D eigenvalue weighted by Gasteiger charge is -2.20. The van der Waals surface area contributed by atoms with Gasteiger partial charge in [0.2, 0.25) is 0 Å². The molecule has 5 nitrogen and oxygen atoms in total. The Bertz CT molecular complexity index is 574. The van der Waals surface area contributed by atoms with Crippen LogP contribution < -0.4 is 5.32 Å². The van der Waals surface area contributed by atoms with E-state index in [4.69, 9.17) is 28.3 Å². The van der Waals surface area contributed by atoms with E-state index in [1.54, 1.807) is 30.0 Å². The molecule has 7 heteroatoms. The van der Waals surface area contributed by atoms with Gasteiger partial charge in [0.25, 0.3) is 0 Å². The van der Waals surface area contributed by atoms with Crippen LogP contribution in [0.2, 0.25) is 10.0 Å². The summed E-state index contributed by atoms with van der Waals surface area (Å²) in [5.41, 5.74) is 0.0901. The second-order valence-corrected chi connectivity index (χ2v) is 6.67. The SMILES string of the molecule is CC1(C(=O)O)CCN(C(=O)NCCc2cc(Cl)cc(Cl)c2)C1. The minimum atomic E-state index is -0.864. The summed E-state index contributed by atoms with van der Waals surface area (Å²) < 4.78 is 0. The average molecular weight is 345 g/mol. The molecule has 1 saturated heterocycles. The van der Waals surface area contributed by atoms with E-state index in [-0.39, 0.29) is 12.6 Å². The van der Waals surface area contributed by atoms with Crippen LogP contribution in [0.3, 0.4) is 0 Å². The highest BCUT2D eigenvalue weighted by Crippen LogP contribution is 2.29. The van der Waals surface area contributed by atoms with Crippen molar-refractivity contribution >= 4 is 35.2 Å². The summed E-state index contributed by atoms with van der Waals surface area (Å²) in [6.45, 7) is 2.79. The molecule has 1 unspecified atom stereocenters. The van der Waals surface area contributed by atoms with E-state index < -0.39 is 11.4 Å². The summed E-state index contributed by atoms with van der Waals surface area (Å²) in [5.74, 6) is -0.864. The molecule has 1 aliphatic rings. The maximum Gasteiger partial charge on any atom is 0.317 e. The monoisotopic (exact) mass is 344 g/mol. The van der Waals surface area contributed by atoms with E-state index in [0.29, 0.717) is 36.0 Å². The second kappa shape index (κ2) is 6.75. The van der Waals surface area contributed by atoms with Gasteiger partial charge >= 0.3 is 12.0 Å². The number of hydrogen-bond donors (Lipinski definition) is 2. The predicted molar refractivity (Wildman–Crippen MR) is 85.5 cm³/mol. The molecule has 2 amide bonds. The Balaban J connectivity index is 1.82. The molecule has 1 heterocycles. The number of benzene rings is 1. The Morgan fingerprint density at radius 1 is 1.32 bits per heavy atom. The summed E-state index contributed by atoms with van der Waals surface area (Å²) in [4.78, 5) is 24.8. The van der Waals surface area contributed by atoms with Crippen molar-refractivity contribution in [2.45, 2.75) is 19.8 Å². The summed E-state index contributed by atoms with van der Waals surface area (Å²) in [6.07, 6.45) is 1.08. The van der Waals surface area contributed by atoms with Crippen LogP contribution in [0.1, 0.15) is 18.9 Å². The van der Waals surface area contributed by atoms with Crippen LogP contribution in [0.5, 0.6) is 0 Å². The largest absolute Gasteiger partial charge is 0.481 e. The third-order valence-electron chi connectivity index (χ3n) is 3.89. The molecule has 1 aromatic rings. The predicted octanol–water partition coefficient (Wildman–Crippen LogP) is 3.04. The van der Waals surface area contributed by atoms with Gasteiger partial charge in [-0.15, -0.1) is 0 Å². The lowest BCUT2D eigenvalue weighted by Crippen LogP contribution is -2.41. The fourth-order valence-corrected chi connectivity index (χ4v) is 3.06. The van der Waals surface area contributed by atoms with Crippen LogP contribution in [0.4, 0.5) is 4.79 Å². The zero-order chi connectivity index (χ0) is 16.3. The number of hydrogen-bond acceptors (Lipinski definition) is 2. The van der Waals surface area contributed by atoms with E-state index >= 15 is 0 Å². The quantitative estimate of drug-likeness (QED) is 0.881. The molecule has 2 N–H and O–H groups in total. The minimum absolute atomic E-state index is 0.233. The van der Waals surface area contributed by atoms with Crippen molar-refractivity contribution in [3.8, 4) is 0 Å². The van der Waals surface area contributed by atoms with Crippen molar-refractivity contribution in [1.82, 2.24) is 10.2 Å². The van der Waals surface area contributed by atoms with Crippen molar-refractivity contribution in [3.63, 3.8) is 0 Å². The number of amides is 2. The summed E-state index contributed by atoms with van der Waals surface area (Å²) >= 11 is 11.8. The number of carbonyl (C=O) groups excluding carboxylic acids is 1. The maximum absolute atomic E-state index is 12.0. The van der Waals surface area contributed by atoms with Gasteiger partial charge in [-0.25, -0.2) is 4.79 Å². The lowest BCUT2D eigenvalue weighted by atomic mass is 9.90.